The molecule has 2 aliphatic heterocycles. The molecule has 2 aromatic carbocycles. The number of anilines is 2. The third-order valence-corrected chi connectivity index (χ3v) is 8.77. The van der Waals surface area contributed by atoms with E-state index in [0.717, 1.165) is 37.9 Å². The SMILES string of the molecule is O=C1[C@@H](N2CCC(c3ccc(F)cc3)CC2)CCN1c1ccc(S(=O)(=O)Nc2nccs2)cc1. The highest BCUT2D eigenvalue weighted by Crippen LogP contribution is 2.32. The Balaban J connectivity index is 1.21. The number of carbonyl (C=O) groups excluding carboxylic acids is 1. The van der Waals surface area contributed by atoms with E-state index in [1.54, 1.807) is 22.4 Å². The highest BCUT2D eigenvalue weighted by atomic mass is 32.2. The molecule has 1 aromatic heterocycles. The molecule has 0 bridgehead atoms. The molecule has 2 fully saturated rings. The maximum Gasteiger partial charge on any atom is 0.263 e. The van der Waals surface area contributed by atoms with Crippen LogP contribution in [0.5, 0.6) is 0 Å². The number of piperidine rings is 1. The molecule has 0 spiro atoms. The van der Waals surface area contributed by atoms with Crippen LogP contribution in [-0.4, -0.2) is 49.9 Å². The van der Waals surface area contributed by atoms with Crippen molar-refractivity contribution in [3.8, 4) is 0 Å². The van der Waals surface area contributed by atoms with Crippen LogP contribution in [0.4, 0.5) is 15.2 Å². The van der Waals surface area contributed by atoms with Gasteiger partial charge in [0.05, 0.1) is 10.9 Å². The molecule has 10 heteroatoms. The molecular weight excluding hydrogens is 475 g/mol. The first-order valence-corrected chi connectivity index (χ1v) is 13.6. The topological polar surface area (TPSA) is 82.6 Å². The summed E-state index contributed by atoms with van der Waals surface area (Å²) in [5, 5.41) is 2.01. The minimum Gasteiger partial charge on any atom is -0.311 e. The number of benzene rings is 2. The zero-order valence-corrected chi connectivity index (χ0v) is 20.1. The van der Waals surface area contributed by atoms with E-state index in [9.17, 15) is 17.6 Å². The quantitative estimate of drug-likeness (QED) is 0.552. The number of likely N-dealkylation sites (tertiary alicyclic amines) is 1. The van der Waals surface area contributed by atoms with Crippen molar-refractivity contribution in [1.29, 1.82) is 0 Å². The van der Waals surface area contributed by atoms with Crippen LogP contribution in [0.15, 0.2) is 65.0 Å². The van der Waals surface area contributed by atoms with Gasteiger partial charge in [-0.1, -0.05) is 12.1 Å². The number of carbonyl (C=O) groups is 1. The van der Waals surface area contributed by atoms with Crippen LogP contribution < -0.4 is 9.62 Å². The summed E-state index contributed by atoms with van der Waals surface area (Å²) >= 11 is 1.21. The summed E-state index contributed by atoms with van der Waals surface area (Å²) < 4.78 is 40.8. The lowest BCUT2D eigenvalue weighted by atomic mass is 9.89. The standard InChI is InChI=1S/C24H25FN4O3S2/c25-19-3-1-17(2-4-19)18-9-13-28(14-10-18)22-11-15-29(23(22)30)20-5-7-21(8-6-20)34(31,32)27-24-26-12-16-33-24/h1-8,12,16,18,22H,9-11,13-15H2,(H,26,27)/t22-/m0/s1. The molecule has 34 heavy (non-hydrogen) atoms. The number of halogens is 1. The predicted octanol–water partition coefficient (Wildman–Crippen LogP) is 4.07. The Morgan fingerprint density at radius 2 is 1.68 bits per heavy atom. The van der Waals surface area contributed by atoms with Gasteiger partial charge < -0.3 is 4.90 Å². The van der Waals surface area contributed by atoms with E-state index in [1.807, 2.05) is 12.1 Å². The van der Waals surface area contributed by atoms with Crippen LogP contribution in [-0.2, 0) is 14.8 Å². The second kappa shape index (κ2) is 9.44. The molecular formula is C24H25FN4O3S2. The van der Waals surface area contributed by atoms with Crippen LogP contribution in [0.1, 0.15) is 30.7 Å². The lowest BCUT2D eigenvalue weighted by Gasteiger charge is -2.35. The van der Waals surface area contributed by atoms with E-state index < -0.39 is 10.0 Å². The van der Waals surface area contributed by atoms with Gasteiger partial charge in [-0.3, -0.25) is 14.4 Å². The monoisotopic (exact) mass is 500 g/mol. The summed E-state index contributed by atoms with van der Waals surface area (Å²) in [6, 6.07) is 12.9. The van der Waals surface area contributed by atoms with Crippen molar-refractivity contribution >= 4 is 38.1 Å². The maximum absolute atomic E-state index is 13.2. The Hall–Kier alpha value is -2.82. The number of nitrogens with one attached hydrogen (secondary N) is 1. The average Bonchev–Trinajstić information content (AvgIpc) is 3.49. The fourth-order valence-corrected chi connectivity index (χ4v) is 6.58. The van der Waals surface area contributed by atoms with Crippen molar-refractivity contribution < 1.29 is 17.6 Å². The summed E-state index contributed by atoms with van der Waals surface area (Å²) in [5.74, 6) is 0.216. The second-order valence-corrected chi connectivity index (χ2v) is 11.2. The van der Waals surface area contributed by atoms with Crippen molar-refractivity contribution in [3.05, 3.63) is 71.5 Å². The maximum atomic E-state index is 13.2. The molecule has 2 saturated heterocycles. The van der Waals surface area contributed by atoms with E-state index in [2.05, 4.69) is 14.6 Å². The lowest BCUT2D eigenvalue weighted by molar-refractivity contribution is -0.122. The number of amides is 1. The molecule has 1 N–H and O–H groups in total. The first-order valence-electron chi connectivity index (χ1n) is 11.2. The minimum atomic E-state index is -3.73. The third-order valence-electron chi connectivity index (χ3n) is 6.60. The highest BCUT2D eigenvalue weighted by Gasteiger charge is 2.38. The van der Waals surface area contributed by atoms with Crippen LogP contribution in [0.3, 0.4) is 0 Å². The molecule has 3 aromatic rings. The molecule has 3 heterocycles. The smallest absolute Gasteiger partial charge is 0.263 e. The molecule has 2 aliphatic rings. The Bertz CT molecular complexity index is 1240. The Kier molecular flexibility index (Phi) is 6.37. The Morgan fingerprint density at radius 3 is 2.32 bits per heavy atom. The van der Waals surface area contributed by atoms with E-state index >= 15 is 0 Å². The van der Waals surface area contributed by atoms with Gasteiger partial charge in [0.25, 0.3) is 10.0 Å². The average molecular weight is 501 g/mol. The number of aromatic nitrogens is 1. The number of nitrogens with zero attached hydrogens (tertiary/aromatic N) is 3. The Morgan fingerprint density at radius 1 is 0.971 bits per heavy atom. The summed E-state index contributed by atoms with van der Waals surface area (Å²) in [6.45, 7) is 2.25. The van der Waals surface area contributed by atoms with Gasteiger partial charge in [0.1, 0.15) is 5.82 Å². The lowest BCUT2D eigenvalue weighted by Crippen LogP contribution is -2.45. The highest BCUT2D eigenvalue weighted by molar-refractivity contribution is 7.93. The zero-order chi connectivity index (χ0) is 23.7. The van der Waals surface area contributed by atoms with Crippen molar-refractivity contribution in [3.63, 3.8) is 0 Å². The number of sulfonamides is 1. The van der Waals surface area contributed by atoms with Crippen molar-refractivity contribution in [2.45, 2.75) is 36.1 Å². The van der Waals surface area contributed by atoms with E-state index in [4.69, 9.17) is 0 Å². The van der Waals surface area contributed by atoms with Gasteiger partial charge in [0.15, 0.2) is 5.13 Å². The van der Waals surface area contributed by atoms with Crippen LogP contribution in [0.2, 0.25) is 0 Å². The summed E-state index contributed by atoms with van der Waals surface area (Å²) in [5.41, 5.74) is 1.85. The first kappa shape index (κ1) is 22.9. The predicted molar refractivity (Wildman–Crippen MR) is 130 cm³/mol. The molecule has 0 radical (unpaired) electrons. The normalized spacial score (nSPS) is 20.1. The van der Waals surface area contributed by atoms with Crippen LogP contribution in [0.25, 0.3) is 0 Å². The number of thiazole rings is 1. The molecule has 0 saturated carbocycles. The molecule has 178 valence electrons. The van der Waals surface area contributed by atoms with Crippen molar-refractivity contribution in [2.75, 3.05) is 29.3 Å². The Labute approximate surface area is 202 Å². The summed E-state index contributed by atoms with van der Waals surface area (Å²) in [6.07, 6.45) is 4.15. The van der Waals surface area contributed by atoms with Crippen LogP contribution in [0, 0.1) is 5.82 Å². The largest absolute Gasteiger partial charge is 0.311 e. The summed E-state index contributed by atoms with van der Waals surface area (Å²) in [4.78, 5) is 21.3. The van der Waals surface area contributed by atoms with Crippen molar-refractivity contribution in [2.24, 2.45) is 0 Å². The van der Waals surface area contributed by atoms with Gasteiger partial charge in [0.2, 0.25) is 5.91 Å². The fraction of sp³-hybridized carbons (Fsp3) is 0.333. The van der Waals surface area contributed by atoms with Gasteiger partial charge >= 0.3 is 0 Å². The van der Waals surface area contributed by atoms with Crippen LogP contribution >= 0.6 is 11.3 Å². The van der Waals surface area contributed by atoms with Crippen molar-refractivity contribution in [1.82, 2.24) is 9.88 Å². The zero-order valence-electron chi connectivity index (χ0n) is 18.4. The van der Waals surface area contributed by atoms with Gasteiger partial charge in [-0.2, -0.15) is 0 Å². The molecule has 0 aliphatic carbocycles. The minimum absolute atomic E-state index is 0.0525. The van der Waals surface area contributed by atoms with Gasteiger partial charge in [-0.15, -0.1) is 11.3 Å². The van der Waals surface area contributed by atoms with E-state index in [-0.39, 0.29) is 22.7 Å². The first-order chi connectivity index (χ1) is 16.4. The third kappa shape index (κ3) is 4.70. The molecule has 0 unspecified atom stereocenters. The molecule has 5 rings (SSSR count). The molecule has 7 nitrogen and oxygen atoms in total. The van der Waals surface area contributed by atoms with Gasteiger partial charge in [0, 0.05) is 23.8 Å². The second-order valence-electron chi connectivity index (χ2n) is 8.59. The number of hydrogen-bond acceptors (Lipinski definition) is 6. The number of rotatable bonds is 6. The van der Waals surface area contributed by atoms with E-state index in [0.29, 0.717) is 23.3 Å². The molecule has 1 atom stereocenters. The number of hydrogen-bond donors (Lipinski definition) is 1. The fourth-order valence-electron chi connectivity index (χ4n) is 4.79. The van der Waals surface area contributed by atoms with Gasteiger partial charge in [-0.25, -0.2) is 17.8 Å². The van der Waals surface area contributed by atoms with E-state index in [1.165, 1.54) is 41.8 Å². The molecule has 1 amide bonds. The van der Waals surface area contributed by atoms with Gasteiger partial charge in [-0.05, 0) is 80.2 Å². The summed E-state index contributed by atoms with van der Waals surface area (Å²) in [7, 11) is -3.73.